The molecule has 25 heavy (non-hydrogen) atoms. The minimum absolute atomic E-state index is 0.0511. The van der Waals surface area contributed by atoms with Crippen LogP contribution in [0.3, 0.4) is 0 Å². The van der Waals surface area contributed by atoms with Gasteiger partial charge in [0.2, 0.25) is 5.91 Å². The molecule has 3 rings (SSSR count). The van der Waals surface area contributed by atoms with Crippen molar-refractivity contribution in [2.75, 3.05) is 13.1 Å². The molecule has 0 spiro atoms. The van der Waals surface area contributed by atoms with Crippen LogP contribution in [-0.4, -0.2) is 41.0 Å². The Labute approximate surface area is 146 Å². The molecule has 7 heteroatoms. The number of carbonyl (C=O) groups is 2. The summed E-state index contributed by atoms with van der Waals surface area (Å²) in [5.74, 6) is -1.30. The molecule has 1 amide bonds. The van der Waals surface area contributed by atoms with E-state index >= 15 is 0 Å². The molecule has 6 nitrogen and oxygen atoms in total. The van der Waals surface area contributed by atoms with E-state index in [1.54, 1.807) is 17.0 Å². The zero-order chi connectivity index (χ0) is 18.0. The Kier molecular flexibility index (Phi) is 5.34. The zero-order valence-electron chi connectivity index (χ0n) is 14.2. The highest BCUT2D eigenvalue weighted by molar-refractivity contribution is 5.77. The third kappa shape index (κ3) is 3.99. The number of benzene rings is 1. The Morgan fingerprint density at radius 3 is 2.44 bits per heavy atom. The lowest BCUT2D eigenvalue weighted by atomic mass is 9.86. The Bertz CT molecular complexity index is 629. The highest BCUT2D eigenvalue weighted by Gasteiger charge is 2.37. The lowest BCUT2D eigenvalue weighted by Crippen LogP contribution is -2.41. The Morgan fingerprint density at radius 2 is 1.84 bits per heavy atom. The van der Waals surface area contributed by atoms with Gasteiger partial charge in [-0.25, -0.2) is 9.82 Å². The van der Waals surface area contributed by atoms with Gasteiger partial charge in [0.1, 0.15) is 5.82 Å². The van der Waals surface area contributed by atoms with Crippen LogP contribution in [0.2, 0.25) is 0 Å². The highest BCUT2D eigenvalue weighted by atomic mass is 19.1. The van der Waals surface area contributed by atoms with Crippen molar-refractivity contribution in [2.45, 2.75) is 38.3 Å². The number of halogens is 1. The second-order valence-electron chi connectivity index (χ2n) is 6.97. The third-order valence-electron chi connectivity index (χ3n) is 5.37. The van der Waals surface area contributed by atoms with Crippen molar-refractivity contribution in [3.63, 3.8) is 0 Å². The lowest BCUT2D eigenvalue weighted by molar-refractivity contribution is -0.146. The van der Waals surface area contributed by atoms with E-state index in [4.69, 9.17) is 5.11 Å². The van der Waals surface area contributed by atoms with Crippen molar-refractivity contribution in [3.8, 4) is 0 Å². The van der Waals surface area contributed by atoms with E-state index < -0.39 is 5.97 Å². The first-order valence-corrected chi connectivity index (χ1v) is 8.73. The number of carbonyl (C=O) groups excluding carboxylic acids is 1. The Hall–Kier alpha value is -1.99. The van der Waals surface area contributed by atoms with Crippen LogP contribution < -0.4 is 10.9 Å². The van der Waals surface area contributed by atoms with Gasteiger partial charge in [-0.3, -0.25) is 15.0 Å². The fourth-order valence-electron chi connectivity index (χ4n) is 3.73. The molecule has 3 unspecified atom stereocenters. The van der Waals surface area contributed by atoms with Gasteiger partial charge < -0.3 is 10.0 Å². The van der Waals surface area contributed by atoms with E-state index in [0.717, 1.165) is 5.56 Å². The number of amides is 1. The average Bonchev–Trinajstić information content (AvgIpc) is 2.96. The molecule has 0 radical (unpaired) electrons. The zero-order valence-corrected chi connectivity index (χ0v) is 14.2. The molecule has 2 heterocycles. The minimum Gasteiger partial charge on any atom is -0.481 e. The number of carboxylic acids is 1. The van der Waals surface area contributed by atoms with Crippen LogP contribution in [0.5, 0.6) is 0 Å². The molecule has 3 N–H and O–H groups in total. The van der Waals surface area contributed by atoms with Crippen LogP contribution in [0.1, 0.15) is 37.8 Å². The van der Waals surface area contributed by atoms with Crippen LogP contribution in [-0.2, 0) is 9.59 Å². The summed E-state index contributed by atoms with van der Waals surface area (Å²) in [7, 11) is 0. The first-order valence-electron chi connectivity index (χ1n) is 8.73. The van der Waals surface area contributed by atoms with Crippen molar-refractivity contribution in [1.29, 1.82) is 0 Å². The number of rotatable bonds is 4. The van der Waals surface area contributed by atoms with Gasteiger partial charge in [-0.1, -0.05) is 12.1 Å². The summed E-state index contributed by atoms with van der Waals surface area (Å²) in [6, 6.07) is 6.38. The van der Waals surface area contributed by atoms with Gasteiger partial charge in [0, 0.05) is 31.5 Å². The summed E-state index contributed by atoms with van der Waals surface area (Å²) in [6.45, 7) is 3.02. The normalized spacial score (nSPS) is 27.4. The van der Waals surface area contributed by atoms with Crippen LogP contribution in [0.15, 0.2) is 24.3 Å². The molecular formula is C18H24FN3O3. The van der Waals surface area contributed by atoms with Gasteiger partial charge in [0.25, 0.3) is 0 Å². The molecular weight excluding hydrogens is 325 g/mol. The summed E-state index contributed by atoms with van der Waals surface area (Å²) in [6.07, 6.45) is 1.40. The first kappa shape index (κ1) is 17.8. The lowest BCUT2D eigenvalue weighted by Gasteiger charge is -2.32. The van der Waals surface area contributed by atoms with E-state index in [9.17, 15) is 14.0 Å². The number of likely N-dealkylation sites (tertiary alicyclic amines) is 1. The largest absolute Gasteiger partial charge is 0.481 e. The van der Waals surface area contributed by atoms with Gasteiger partial charge in [-0.05, 0) is 37.5 Å². The summed E-state index contributed by atoms with van der Waals surface area (Å²) < 4.78 is 13.2. The molecule has 1 aromatic carbocycles. The number of piperidine rings is 1. The summed E-state index contributed by atoms with van der Waals surface area (Å²) >= 11 is 0. The topological polar surface area (TPSA) is 81.7 Å². The third-order valence-corrected chi connectivity index (χ3v) is 5.37. The number of hydrazine groups is 1. The fraction of sp³-hybridized carbons (Fsp3) is 0.556. The average molecular weight is 349 g/mol. The standard InChI is InChI=1S/C18H24FN3O3/c1-11-15(17(21-20-11)12-2-4-14(19)5-3-12)10-16(23)22-8-6-13(7-9-22)18(24)25/h2-5,11,13,15,17,20-21H,6-10H2,1H3,(H,24,25). The number of carboxylic acid groups (broad SMARTS) is 1. The summed E-state index contributed by atoms with van der Waals surface area (Å²) in [5.41, 5.74) is 7.32. The van der Waals surface area contributed by atoms with Crippen LogP contribution >= 0.6 is 0 Å². The molecule has 2 saturated heterocycles. The maximum Gasteiger partial charge on any atom is 0.306 e. The number of hydrogen-bond acceptors (Lipinski definition) is 4. The summed E-state index contributed by atoms with van der Waals surface area (Å²) in [5, 5.41) is 9.06. The monoisotopic (exact) mass is 349 g/mol. The molecule has 3 atom stereocenters. The van der Waals surface area contributed by atoms with E-state index in [-0.39, 0.29) is 35.6 Å². The minimum atomic E-state index is -0.777. The highest BCUT2D eigenvalue weighted by Crippen LogP contribution is 2.32. The predicted octanol–water partition coefficient (Wildman–Crippen LogP) is 1.69. The smallest absolute Gasteiger partial charge is 0.306 e. The van der Waals surface area contributed by atoms with Crippen molar-refractivity contribution in [3.05, 3.63) is 35.6 Å². The number of nitrogens with one attached hydrogen (secondary N) is 2. The van der Waals surface area contributed by atoms with Gasteiger partial charge in [0.15, 0.2) is 0 Å². The Balaban J connectivity index is 1.63. The second-order valence-corrected chi connectivity index (χ2v) is 6.97. The molecule has 136 valence electrons. The maximum absolute atomic E-state index is 13.2. The molecule has 2 aliphatic rings. The predicted molar refractivity (Wildman–Crippen MR) is 89.9 cm³/mol. The van der Waals surface area contributed by atoms with Gasteiger partial charge >= 0.3 is 5.97 Å². The van der Waals surface area contributed by atoms with Crippen LogP contribution in [0.4, 0.5) is 4.39 Å². The molecule has 0 aliphatic carbocycles. The van der Waals surface area contributed by atoms with E-state index in [1.165, 1.54) is 12.1 Å². The molecule has 0 bridgehead atoms. The number of aliphatic carboxylic acids is 1. The van der Waals surface area contributed by atoms with Crippen molar-refractivity contribution < 1.29 is 19.1 Å². The first-order chi connectivity index (χ1) is 12.0. The molecule has 1 aromatic rings. The molecule has 0 aromatic heterocycles. The number of hydrogen-bond donors (Lipinski definition) is 3. The van der Waals surface area contributed by atoms with Gasteiger partial charge in [-0.2, -0.15) is 0 Å². The summed E-state index contributed by atoms with van der Waals surface area (Å²) in [4.78, 5) is 25.5. The van der Waals surface area contributed by atoms with Crippen molar-refractivity contribution in [1.82, 2.24) is 15.8 Å². The Morgan fingerprint density at radius 1 is 1.20 bits per heavy atom. The van der Waals surface area contributed by atoms with Crippen LogP contribution in [0, 0.1) is 17.7 Å². The maximum atomic E-state index is 13.2. The van der Waals surface area contributed by atoms with Gasteiger partial charge in [-0.15, -0.1) is 0 Å². The SMILES string of the molecule is CC1NNC(c2ccc(F)cc2)C1CC(=O)N1CCC(C(=O)O)CC1. The van der Waals surface area contributed by atoms with E-state index in [1.807, 2.05) is 6.92 Å². The van der Waals surface area contributed by atoms with Crippen molar-refractivity contribution in [2.24, 2.45) is 11.8 Å². The van der Waals surface area contributed by atoms with Crippen molar-refractivity contribution >= 4 is 11.9 Å². The fourth-order valence-corrected chi connectivity index (χ4v) is 3.73. The number of nitrogens with zero attached hydrogens (tertiary/aromatic N) is 1. The van der Waals surface area contributed by atoms with Gasteiger partial charge in [0.05, 0.1) is 12.0 Å². The molecule has 2 fully saturated rings. The molecule has 0 saturated carbocycles. The second kappa shape index (κ2) is 7.49. The van der Waals surface area contributed by atoms with E-state index in [0.29, 0.717) is 32.4 Å². The molecule has 2 aliphatic heterocycles. The van der Waals surface area contributed by atoms with Crippen LogP contribution in [0.25, 0.3) is 0 Å². The quantitative estimate of drug-likeness (QED) is 0.771. The van der Waals surface area contributed by atoms with E-state index in [2.05, 4.69) is 10.9 Å².